The third-order valence-corrected chi connectivity index (χ3v) is 2.02. The lowest BCUT2D eigenvalue weighted by atomic mass is 9.99. The van der Waals surface area contributed by atoms with E-state index < -0.39 is 0 Å². The molecule has 0 unspecified atom stereocenters. The average Bonchev–Trinajstić information content (AvgIpc) is 1.99. The van der Waals surface area contributed by atoms with Gasteiger partial charge in [0.2, 0.25) is 0 Å². The molecule has 1 heteroatoms. The molecule has 0 heterocycles. The van der Waals surface area contributed by atoms with Gasteiger partial charge in [0.1, 0.15) is 0 Å². The van der Waals surface area contributed by atoms with E-state index in [0.29, 0.717) is 0 Å². The topological polar surface area (TPSA) is 12.0 Å². The molecule has 0 aromatic heterocycles. The maximum atomic E-state index is 3.28. The lowest BCUT2D eigenvalue weighted by Crippen LogP contribution is -2.35. The monoisotopic (exact) mass is 155 g/mol. The maximum absolute atomic E-state index is 3.28. The summed E-state index contributed by atoms with van der Waals surface area (Å²) in [5.74, 6) is 0. The zero-order valence-corrected chi connectivity index (χ0v) is 8.28. The predicted molar refractivity (Wildman–Crippen MR) is 51.8 cm³/mol. The highest BCUT2D eigenvalue weighted by atomic mass is 14.9. The zero-order chi connectivity index (χ0) is 8.74. The highest BCUT2D eigenvalue weighted by molar-refractivity contribution is 4.85. The van der Waals surface area contributed by atoms with Crippen LogP contribution in [-0.2, 0) is 0 Å². The largest absolute Gasteiger partial charge is 0.315 e. The summed E-state index contributed by atoms with van der Waals surface area (Å²) in [5, 5.41) is 3.28. The van der Waals surface area contributed by atoms with Crippen LogP contribution in [0.25, 0.3) is 0 Å². The lowest BCUT2D eigenvalue weighted by Gasteiger charge is -2.22. The number of nitrogens with one attached hydrogen (secondary N) is 1. The molecule has 1 N–H and O–H groups in total. The Hall–Kier alpha value is -0.300. The molecule has 0 amide bonds. The highest BCUT2D eigenvalue weighted by Gasteiger charge is 2.11. The van der Waals surface area contributed by atoms with Gasteiger partial charge in [0, 0.05) is 5.54 Å². The first-order chi connectivity index (χ1) is 5.12. The van der Waals surface area contributed by atoms with E-state index in [0.717, 1.165) is 6.42 Å². The summed E-state index contributed by atoms with van der Waals surface area (Å²) < 4.78 is 0. The molecule has 0 rings (SSSR count). The lowest BCUT2D eigenvalue weighted by molar-refractivity contribution is 0.396. The van der Waals surface area contributed by atoms with Crippen molar-refractivity contribution in [3.8, 4) is 0 Å². The first kappa shape index (κ1) is 10.7. The van der Waals surface area contributed by atoms with E-state index in [2.05, 4.69) is 38.2 Å². The van der Waals surface area contributed by atoms with Gasteiger partial charge in [0.05, 0.1) is 0 Å². The van der Waals surface area contributed by atoms with E-state index >= 15 is 0 Å². The minimum Gasteiger partial charge on any atom is -0.315 e. The normalized spacial score (nSPS) is 12.7. The highest BCUT2D eigenvalue weighted by Crippen LogP contribution is 2.10. The van der Waals surface area contributed by atoms with Gasteiger partial charge >= 0.3 is 0 Å². The zero-order valence-electron chi connectivity index (χ0n) is 8.28. The van der Waals surface area contributed by atoms with Crippen LogP contribution in [0.5, 0.6) is 0 Å². The molecule has 0 aliphatic carbocycles. The fraction of sp³-hybridized carbons (Fsp3) is 0.800. The number of rotatable bonds is 5. The minimum atomic E-state index is 0.290. The molecule has 0 aliphatic heterocycles. The summed E-state index contributed by atoms with van der Waals surface area (Å²) in [4.78, 5) is 0. The molecule has 0 aromatic rings. The Balaban J connectivity index is 3.45. The summed E-state index contributed by atoms with van der Waals surface area (Å²) in [6, 6.07) is 0. The van der Waals surface area contributed by atoms with Crippen LogP contribution >= 0.6 is 0 Å². The summed E-state index contributed by atoms with van der Waals surface area (Å²) in [6.07, 6.45) is 8.03. The van der Waals surface area contributed by atoms with Crippen molar-refractivity contribution in [1.29, 1.82) is 0 Å². The predicted octanol–water partition coefficient (Wildman–Crippen LogP) is 2.73. The molecule has 66 valence electrons. The summed E-state index contributed by atoms with van der Waals surface area (Å²) in [7, 11) is 2.02. The second kappa shape index (κ2) is 5.36. The minimum absolute atomic E-state index is 0.290. The van der Waals surface area contributed by atoms with E-state index in [1.165, 1.54) is 12.8 Å². The van der Waals surface area contributed by atoms with Gasteiger partial charge in [-0.05, 0) is 40.2 Å². The van der Waals surface area contributed by atoms with Crippen molar-refractivity contribution < 1.29 is 0 Å². The number of hydrogen-bond acceptors (Lipinski definition) is 1. The first-order valence-corrected chi connectivity index (χ1v) is 4.46. The third-order valence-electron chi connectivity index (χ3n) is 2.02. The maximum Gasteiger partial charge on any atom is 0.0125 e. The number of hydrogen-bond donors (Lipinski definition) is 1. The van der Waals surface area contributed by atoms with E-state index in [-0.39, 0.29) is 5.54 Å². The Bertz CT molecular complexity index is 114. The van der Waals surface area contributed by atoms with Gasteiger partial charge in [-0.15, -0.1) is 0 Å². The van der Waals surface area contributed by atoms with Crippen LogP contribution in [0.1, 0.15) is 40.0 Å². The van der Waals surface area contributed by atoms with Crippen molar-refractivity contribution in [1.82, 2.24) is 5.32 Å². The SMILES string of the molecule is CC/C=C/CCC(C)(C)NC. The third kappa shape index (κ3) is 6.11. The summed E-state index contributed by atoms with van der Waals surface area (Å²) >= 11 is 0. The summed E-state index contributed by atoms with van der Waals surface area (Å²) in [6.45, 7) is 6.62. The molecule has 0 aliphatic rings. The molecule has 1 nitrogen and oxygen atoms in total. The number of allylic oxidation sites excluding steroid dienone is 2. The van der Waals surface area contributed by atoms with E-state index in [9.17, 15) is 0 Å². The van der Waals surface area contributed by atoms with Crippen molar-refractivity contribution in [3.63, 3.8) is 0 Å². The first-order valence-electron chi connectivity index (χ1n) is 4.46. The second-order valence-corrected chi connectivity index (χ2v) is 3.55. The van der Waals surface area contributed by atoms with Crippen molar-refractivity contribution in [3.05, 3.63) is 12.2 Å². The Morgan fingerprint density at radius 2 is 1.91 bits per heavy atom. The van der Waals surface area contributed by atoms with Gasteiger partial charge in [0.25, 0.3) is 0 Å². The molecule has 0 atom stereocenters. The Morgan fingerprint density at radius 3 is 2.36 bits per heavy atom. The van der Waals surface area contributed by atoms with E-state index in [1.807, 2.05) is 7.05 Å². The van der Waals surface area contributed by atoms with Crippen molar-refractivity contribution in [2.24, 2.45) is 0 Å². The van der Waals surface area contributed by atoms with Crippen LogP contribution < -0.4 is 5.32 Å². The van der Waals surface area contributed by atoms with Crippen molar-refractivity contribution >= 4 is 0 Å². The van der Waals surface area contributed by atoms with Crippen LogP contribution in [0.2, 0.25) is 0 Å². The summed E-state index contributed by atoms with van der Waals surface area (Å²) in [5.41, 5.74) is 0.290. The molecule has 0 saturated carbocycles. The molecule has 0 bridgehead atoms. The Kier molecular flexibility index (Phi) is 5.22. The fourth-order valence-electron chi connectivity index (χ4n) is 0.854. The quantitative estimate of drug-likeness (QED) is 0.602. The van der Waals surface area contributed by atoms with Crippen LogP contribution in [0, 0.1) is 0 Å². The van der Waals surface area contributed by atoms with Crippen LogP contribution in [-0.4, -0.2) is 12.6 Å². The van der Waals surface area contributed by atoms with Gasteiger partial charge in [-0.25, -0.2) is 0 Å². The fourth-order valence-corrected chi connectivity index (χ4v) is 0.854. The van der Waals surface area contributed by atoms with Gasteiger partial charge < -0.3 is 5.32 Å². The molecule has 11 heavy (non-hydrogen) atoms. The molecule has 0 spiro atoms. The smallest absolute Gasteiger partial charge is 0.0125 e. The average molecular weight is 155 g/mol. The van der Waals surface area contributed by atoms with Crippen molar-refractivity contribution in [2.45, 2.75) is 45.6 Å². The van der Waals surface area contributed by atoms with Gasteiger partial charge in [-0.3, -0.25) is 0 Å². The van der Waals surface area contributed by atoms with Gasteiger partial charge in [-0.1, -0.05) is 19.1 Å². The van der Waals surface area contributed by atoms with E-state index in [1.54, 1.807) is 0 Å². The molecular formula is C10H21N. The standard InChI is InChI=1S/C10H21N/c1-5-6-7-8-9-10(2,3)11-4/h6-7,11H,5,8-9H2,1-4H3/b7-6+. The van der Waals surface area contributed by atoms with Crippen LogP contribution in [0.15, 0.2) is 12.2 Å². The van der Waals surface area contributed by atoms with Crippen LogP contribution in [0.3, 0.4) is 0 Å². The molecular weight excluding hydrogens is 134 g/mol. The molecule has 0 saturated heterocycles. The molecule has 0 radical (unpaired) electrons. The van der Waals surface area contributed by atoms with Gasteiger partial charge in [0.15, 0.2) is 0 Å². The van der Waals surface area contributed by atoms with Gasteiger partial charge in [-0.2, -0.15) is 0 Å². The van der Waals surface area contributed by atoms with Crippen LogP contribution in [0.4, 0.5) is 0 Å². The Morgan fingerprint density at radius 1 is 1.27 bits per heavy atom. The van der Waals surface area contributed by atoms with Crippen molar-refractivity contribution in [2.75, 3.05) is 7.05 Å². The Labute approximate surface area is 70.9 Å². The second-order valence-electron chi connectivity index (χ2n) is 3.55. The molecule has 0 aromatic carbocycles. The molecule has 0 fully saturated rings. The van der Waals surface area contributed by atoms with E-state index in [4.69, 9.17) is 0 Å².